The summed E-state index contributed by atoms with van der Waals surface area (Å²) in [6, 6.07) is 8.96. The van der Waals surface area contributed by atoms with E-state index in [1.165, 1.54) is 6.07 Å². The predicted molar refractivity (Wildman–Crippen MR) is 76.6 cm³/mol. The molecule has 0 aliphatic rings. The van der Waals surface area contributed by atoms with Crippen molar-refractivity contribution in [2.75, 3.05) is 0 Å². The van der Waals surface area contributed by atoms with Gasteiger partial charge < -0.3 is 5.73 Å². The number of halogens is 4. The number of hydrogen-bond donors (Lipinski definition) is 1. The normalized spacial score (nSPS) is 12.5. The van der Waals surface area contributed by atoms with Crippen LogP contribution in [0.25, 0.3) is 0 Å². The number of rotatable bonds is 2. The van der Waals surface area contributed by atoms with Crippen molar-refractivity contribution in [2.24, 2.45) is 5.73 Å². The molecule has 5 heteroatoms. The van der Waals surface area contributed by atoms with Crippen LogP contribution in [0, 0.1) is 5.82 Å². The molecule has 1 atom stereocenters. The summed E-state index contributed by atoms with van der Waals surface area (Å²) in [6.45, 7) is 0. The first-order chi connectivity index (χ1) is 8.50. The van der Waals surface area contributed by atoms with Crippen LogP contribution in [0.1, 0.15) is 17.2 Å². The molecule has 0 aromatic heterocycles. The lowest BCUT2D eigenvalue weighted by Crippen LogP contribution is -2.14. The highest BCUT2D eigenvalue weighted by Gasteiger charge is 2.19. The molecule has 1 unspecified atom stereocenters. The maximum atomic E-state index is 13.8. The molecule has 2 rings (SSSR count). The predicted octanol–water partition coefficient (Wildman–Crippen LogP) is 4.94. The molecule has 94 valence electrons. The van der Waals surface area contributed by atoms with Gasteiger partial charge in [-0.1, -0.05) is 45.2 Å². The monoisotopic (exact) mass is 347 g/mol. The van der Waals surface area contributed by atoms with Gasteiger partial charge in [-0.2, -0.15) is 0 Å². The highest BCUT2D eigenvalue weighted by atomic mass is 79.9. The Labute approximate surface area is 123 Å². The summed E-state index contributed by atoms with van der Waals surface area (Å²) in [7, 11) is 0. The van der Waals surface area contributed by atoms with Crippen LogP contribution >= 0.6 is 39.1 Å². The van der Waals surface area contributed by atoms with Gasteiger partial charge >= 0.3 is 0 Å². The number of hydrogen-bond acceptors (Lipinski definition) is 1. The molecule has 1 nitrogen and oxygen atoms in total. The van der Waals surface area contributed by atoms with E-state index in [1.807, 2.05) is 0 Å². The maximum Gasteiger partial charge on any atom is 0.128 e. The molecule has 0 heterocycles. The van der Waals surface area contributed by atoms with Crippen molar-refractivity contribution in [2.45, 2.75) is 6.04 Å². The minimum atomic E-state index is -0.705. The summed E-state index contributed by atoms with van der Waals surface area (Å²) < 4.78 is 14.5. The van der Waals surface area contributed by atoms with Crippen LogP contribution in [0.5, 0.6) is 0 Å². The second-order valence-corrected chi connectivity index (χ2v) is 5.51. The second-order valence-electron chi connectivity index (χ2n) is 3.78. The van der Waals surface area contributed by atoms with E-state index in [2.05, 4.69) is 15.9 Å². The summed E-state index contributed by atoms with van der Waals surface area (Å²) in [5.41, 5.74) is 6.93. The van der Waals surface area contributed by atoms with E-state index in [4.69, 9.17) is 28.9 Å². The van der Waals surface area contributed by atoms with Crippen LogP contribution < -0.4 is 5.73 Å². The summed E-state index contributed by atoms with van der Waals surface area (Å²) in [5.74, 6) is -0.387. The van der Waals surface area contributed by atoms with E-state index in [1.54, 1.807) is 30.3 Å². The Morgan fingerprint density at radius 2 is 1.72 bits per heavy atom. The average Bonchev–Trinajstić information content (AvgIpc) is 2.32. The summed E-state index contributed by atoms with van der Waals surface area (Å²) >= 11 is 15.4. The van der Waals surface area contributed by atoms with Crippen molar-refractivity contribution in [1.82, 2.24) is 0 Å². The molecule has 0 amide bonds. The van der Waals surface area contributed by atoms with E-state index in [0.29, 0.717) is 21.2 Å². The van der Waals surface area contributed by atoms with Crippen molar-refractivity contribution in [3.8, 4) is 0 Å². The van der Waals surface area contributed by atoms with Gasteiger partial charge in [0.25, 0.3) is 0 Å². The minimum absolute atomic E-state index is 0.347. The lowest BCUT2D eigenvalue weighted by molar-refractivity contribution is 0.599. The zero-order valence-electron chi connectivity index (χ0n) is 9.13. The fraction of sp³-hybridized carbons (Fsp3) is 0.0769. The van der Waals surface area contributed by atoms with Gasteiger partial charge in [-0.3, -0.25) is 0 Å². The van der Waals surface area contributed by atoms with Crippen molar-refractivity contribution in [3.63, 3.8) is 0 Å². The van der Waals surface area contributed by atoms with E-state index in [9.17, 15) is 4.39 Å². The van der Waals surface area contributed by atoms with Crippen molar-refractivity contribution < 1.29 is 4.39 Å². The SMILES string of the molecule is NC(c1cc(Br)ccc1F)c1c(Cl)cccc1Cl. The molecule has 2 aromatic rings. The van der Waals surface area contributed by atoms with Gasteiger partial charge in [0.1, 0.15) is 5.82 Å². The minimum Gasteiger partial charge on any atom is -0.320 e. The van der Waals surface area contributed by atoms with Crippen molar-refractivity contribution >= 4 is 39.1 Å². The van der Waals surface area contributed by atoms with E-state index >= 15 is 0 Å². The van der Waals surface area contributed by atoms with Crippen LogP contribution in [0.15, 0.2) is 40.9 Å². The number of benzene rings is 2. The molecule has 0 aliphatic heterocycles. The first-order valence-corrected chi connectivity index (χ1v) is 6.70. The van der Waals surface area contributed by atoms with Gasteiger partial charge in [-0.25, -0.2) is 4.39 Å². The Morgan fingerprint density at radius 1 is 1.11 bits per heavy atom. The Morgan fingerprint density at radius 3 is 2.33 bits per heavy atom. The second kappa shape index (κ2) is 5.57. The molecule has 0 saturated carbocycles. The average molecular weight is 349 g/mol. The van der Waals surface area contributed by atoms with Crippen molar-refractivity contribution in [3.05, 3.63) is 67.9 Å². The smallest absolute Gasteiger partial charge is 0.128 e. The van der Waals surface area contributed by atoms with Gasteiger partial charge in [-0.05, 0) is 30.3 Å². The topological polar surface area (TPSA) is 26.0 Å². The van der Waals surface area contributed by atoms with E-state index < -0.39 is 6.04 Å². The first-order valence-electron chi connectivity index (χ1n) is 5.15. The highest BCUT2D eigenvalue weighted by Crippen LogP contribution is 2.34. The third kappa shape index (κ3) is 2.69. The molecule has 0 saturated heterocycles. The molecule has 0 radical (unpaired) electrons. The van der Waals surface area contributed by atoms with Crippen LogP contribution in [-0.4, -0.2) is 0 Å². The molecule has 2 aromatic carbocycles. The molecule has 18 heavy (non-hydrogen) atoms. The van der Waals surface area contributed by atoms with Crippen LogP contribution in [0.4, 0.5) is 4.39 Å². The Bertz CT molecular complexity index is 569. The summed E-state index contributed by atoms with van der Waals surface area (Å²) in [6.07, 6.45) is 0. The Kier molecular flexibility index (Phi) is 4.28. The molecule has 0 bridgehead atoms. The molecule has 2 N–H and O–H groups in total. The zero-order chi connectivity index (χ0) is 13.3. The molecule has 0 spiro atoms. The van der Waals surface area contributed by atoms with Crippen LogP contribution in [0.3, 0.4) is 0 Å². The van der Waals surface area contributed by atoms with Gasteiger partial charge in [-0.15, -0.1) is 0 Å². The van der Waals surface area contributed by atoms with E-state index in [0.717, 1.165) is 4.47 Å². The fourth-order valence-electron chi connectivity index (χ4n) is 1.72. The third-order valence-electron chi connectivity index (χ3n) is 2.60. The summed E-state index contributed by atoms with van der Waals surface area (Å²) in [5, 5.41) is 0.851. The lowest BCUT2D eigenvalue weighted by atomic mass is 9.99. The lowest BCUT2D eigenvalue weighted by Gasteiger charge is -2.16. The van der Waals surface area contributed by atoms with Gasteiger partial charge in [0.15, 0.2) is 0 Å². The van der Waals surface area contributed by atoms with Gasteiger partial charge in [0, 0.05) is 25.6 Å². The summed E-state index contributed by atoms with van der Waals surface area (Å²) in [4.78, 5) is 0. The van der Waals surface area contributed by atoms with Gasteiger partial charge in [0.05, 0.1) is 6.04 Å². The van der Waals surface area contributed by atoms with Crippen LogP contribution in [0.2, 0.25) is 10.0 Å². The Balaban J connectivity index is 2.54. The molecular formula is C13H9BrCl2FN. The zero-order valence-corrected chi connectivity index (χ0v) is 12.2. The highest BCUT2D eigenvalue weighted by molar-refractivity contribution is 9.10. The van der Waals surface area contributed by atoms with Crippen LogP contribution in [-0.2, 0) is 0 Å². The van der Waals surface area contributed by atoms with Crippen molar-refractivity contribution in [1.29, 1.82) is 0 Å². The fourth-order valence-corrected chi connectivity index (χ4v) is 2.73. The maximum absolute atomic E-state index is 13.8. The molecular weight excluding hydrogens is 340 g/mol. The largest absolute Gasteiger partial charge is 0.320 e. The van der Waals surface area contributed by atoms with E-state index in [-0.39, 0.29) is 5.82 Å². The standard InChI is InChI=1S/C13H9BrCl2FN/c14-7-4-5-11(17)8(6-7)13(18)12-9(15)2-1-3-10(12)16/h1-6,13H,18H2. The molecule has 0 aliphatic carbocycles. The Hall–Kier alpha value is -0.610. The number of nitrogens with two attached hydrogens (primary N) is 1. The quantitative estimate of drug-likeness (QED) is 0.816. The molecule has 0 fully saturated rings. The first kappa shape index (κ1) is 13.8. The van der Waals surface area contributed by atoms with Gasteiger partial charge in [0.2, 0.25) is 0 Å². The third-order valence-corrected chi connectivity index (χ3v) is 3.76.